The lowest BCUT2D eigenvalue weighted by molar-refractivity contribution is -0.113. The molecular formula is C19H23N3O3S2. The molecule has 1 aromatic carbocycles. The smallest absolute Gasteiger partial charge is 0.243 e. The SMILES string of the molecule is O=C(CSc1ccccn1)Nc1ccc(S(=O)(=O)N2CCCCCC2)cc1. The third kappa shape index (κ3) is 5.54. The zero-order valence-electron chi connectivity index (χ0n) is 15.0. The van der Waals surface area contributed by atoms with Gasteiger partial charge in [0, 0.05) is 25.0 Å². The highest BCUT2D eigenvalue weighted by Gasteiger charge is 2.24. The van der Waals surface area contributed by atoms with Crippen molar-refractivity contribution < 1.29 is 13.2 Å². The predicted molar refractivity (Wildman–Crippen MR) is 107 cm³/mol. The number of carbonyl (C=O) groups excluding carboxylic acids is 1. The summed E-state index contributed by atoms with van der Waals surface area (Å²) in [7, 11) is -3.47. The number of aromatic nitrogens is 1. The average molecular weight is 406 g/mol. The van der Waals surface area contributed by atoms with Crippen LogP contribution >= 0.6 is 11.8 Å². The maximum Gasteiger partial charge on any atom is 0.243 e. The lowest BCUT2D eigenvalue weighted by atomic mass is 10.2. The third-order valence-corrected chi connectivity index (χ3v) is 7.19. The van der Waals surface area contributed by atoms with Gasteiger partial charge in [-0.3, -0.25) is 4.79 Å². The van der Waals surface area contributed by atoms with Crippen LogP contribution < -0.4 is 5.32 Å². The zero-order chi connectivity index (χ0) is 19.1. The molecule has 0 saturated carbocycles. The first-order valence-corrected chi connectivity index (χ1v) is 11.4. The van der Waals surface area contributed by atoms with Crippen LogP contribution in [0, 0.1) is 0 Å². The Bertz CT molecular complexity index is 848. The number of rotatable bonds is 6. The number of anilines is 1. The van der Waals surface area contributed by atoms with Crippen LogP contribution in [0.5, 0.6) is 0 Å². The highest BCUT2D eigenvalue weighted by molar-refractivity contribution is 7.99. The number of hydrogen-bond acceptors (Lipinski definition) is 5. The molecular weight excluding hydrogens is 382 g/mol. The largest absolute Gasteiger partial charge is 0.325 e. The van der Waals surface area contributed by atoms with Gasteiger partial charge in [-0.1, -0.05) is 30.7 Å². The summed E-state index contributed by atoms with van der Waals surface area (Å²) >= 11 is 1.35. The first kappa shape index (κ1) is 19.9. The number of nitrogens with zero attached hydrogens (tertiary/aromatic N) is 2. The van der Waals surface area contributed by atoms with Crippen LogP contribution in [0.1, 0.15) is 25.7 Å². The predicted octanol–water partition coefficient (Wildman–Crippen LogP) is 3.38. The molecule has 2 aromatic rings. The van der Waals surface area contributed by atoms with Gasteiger partial charge < -0.3 is 5.32 Å². The van der Waals surface area contributed by atoms with Crippen molar-refractivity contribution in [2.24, 2.45) is 0 Å². The molecule has 1 aliphatic heterocycles. The van der Waals surface area contributed by atoms with Crippen molar-refractivity contribution in [3.8, 4) is 0 Å². The van der Waals surface area contributed by atoms with E-state index in [1.54, 1.807) is 34.8 Å². The molecule has 0 unspecified atom stereocenters. The summed E-state index contributed by atoms with van der Waals surface area (Å²) in [6, 6.07) is 11.9. The van der Waals surface area contributed by atoms with Gasteiger partial charge in [-0.05, 0) is 49.2 Å². The van der Waals surface area contributed by atoms with E-state index in [1.807, 2.05) is 18.2 Å². The van der Waals surface area contributed by atoms with E-state index in [-0.39, 0.29) is 16.6 Å². The van der Waals surface area contributed by atoms with E-state index in [4.69, 9.17) is 0 Å². The summed E-state index contributed by atoms with van der Waals surface area (Å²) in [4.78, 5) is 16.5. The lowest BCUT2D eigenvalue weighted by Gasteiger charge is -2.20. The number of hydrogen-bond donors (Lipinski definition) is 1. The lowest BCUT2D eigenvalue weighted by Crippen LogP contribution is -2.31. The number of carbonyl (C=O) groups is 1. The third-order valence-electron chi connectivity index (χ3n) is 4.33. The Hall–Kier alpha value is -1.90. The molecule has 1 amide bonds. The Morgan fingerprint density at radius 3 is 2.37 bits per heavy atom. The second-order valence-corrected chi connectivity index (χ2v) is 9.28. The second-order valence-electron chi connectivity index (χ2n) is 6.35. The van der Waals surface area contributed by atoms with Gasteiger partial charge in [-0.2, -0.15) is 4.31 Å². The molecule has 27 heavy (non-hydrogen) atoms. The quantitative estimate of drug-likeness (QED) is 0.746. The molecule has 8 heteroatoms. The van der Waals surface area contributed by atoms with Crippen molar-refractivity contribution in [1.29, 1.82) is 0 Å². The van der Waals surface area contributed by atoms with Crippen molar-refractivity contribution >= 4 is 33.4 Å². The van der Waals surface area contributed by atoms with Gasteiger partial charge in [-0.15, -0.1) is 0 Å². The van der Waals surface area contributed by atoms with E-state index in [0.29, 0.717) is 18.8 Å². The Morgan fingerprint density at radius 2 is 1.74 bits per heavy atom. The molecule has 2 heterocycles. The van der Waals surface area contributed by atoms with Crippen LogP contribution in [0.25, 0.3) is 0 Å². The Labute approximate surface area is 164 Å². The van der Waals surface area contributed by atoms with Gasteiger partial charge in [0.1, 0.15) is 0 Å². The highest BCUT2D eigenvalue weighted by Crippen LogP contribution is 2.22. The van der Waals surface area contributed by atoms with Crippen LogP contribution in [0.4, 0.5) is 5.69 Å². The molecule has 0 radical (unpaired) electrons. The van der Waals surface area contributed by atoms with Crippen LogP contribution in [-0.2, 0) is 14.8 Å². The Morgan fingerprint density at radius 1 is 1.04 bits per heavy atom. The van der Waals surface area contributed by atoms with Gasteiger partial charge >= 0.3 is 0 Å². The second kappa shape index (κ2) is 9.34. The van der Waals surface area contributed by atoms with Crippen molar-refractivity contribution in [3.05, 3.63) is 48.7 Å². The molecule has 1 fully saturated rings. The minimum atomic E-state index is -3.47. The van der Waals surface area contributed by atoms with Crippen molar-refractivity contribution in [1.82, 2.24) is 9.29 Å². The zero-order valence-corrected chi connectivity index (χ0v) is 16.6. The molecule has 1 N–H and O–H groups in total. The average Bonchev–Trinajstić information content (AvgIpc) is 2.98. The highest BCUT2D eigenvalue weighted by atomic mass is 32.2. The van der Waals surface area contributed by atoms with Crippen LogP contribution in [0.2, 0.25) is 0 Å². The summed E-state index contributed by atoms with van der Waals surface area (Å²) in [6.07, 6.45) is 5.65. The first-order valence-electron chi connectivity index (χ1n) is 8.99. The van der Waals surface area contributed by atoms with E-state index in [2.05, 4.69) is 10.3 Å². The van der Waals surface area contributed by atoms with E-state index >= 15 is 0 Å². The van der Waals surface area contributed by atoms with Crippen molar-refractivity contribution in [2.75, 3.05) is 24.2 Å². The number of benzene rings is 1. The van der Waals surface area contributed by atoms with Crippen LogP contribution in [-0.4, -0.2) is 42.5 Å². The van der Waals surface area contributed by atoms with E-state index in [9.17, 15) is 13.2 Å². The summed E-state index contributed by atoms with van der Waals surface area (Å²) in [5.74, 6) is 0.0824. The number of thioether (sulfide) groups is 1. The number of amides is 1. The summed E-state index contributed by atoms with van der Waals surface area (Å²) in [5, 5.41) is 3.57. The van der Waals surface area contributed by atoms with E-state index < -0.39 is 10.0 Å². The van der Waals surface area contributed by atoms with Crippen LogP contribution in [0.3, 0.4) is 0 Å². The standard InChI is InChI=1S/C19H23N3O3S2/c23-18(15-26-19-7-3-4-12-20-19)21-16-8-10-17(11-9-16)27(24,25)22-13-5-1-2-6-14-22/h3-4,7-12H,1-2,5-6,13-15H2,(H,21,23). The molecule has 0 bridgehead atoms. The van der Waals surface area contributed by atoms with E-state index in [1.165, 1.54) is 11.8 Å². The minimum absolute atomic E-state index is 0.159. The summed E-state index contributed by atoms with van der Waals surface area (Å²) in [6.45, 7) is 1.15. The molecule has 0 aliphatic carbocycles. The van der Waals surface area contributed by atoms with Gasteiger partial charge in [0.2, 0.25) is 15.9 Å². The normalized spacial score (nSPS) is 15.9. The van der Waals surface area contributed by atoms with Crippen LogP contribution in [0.15, 0.2) is 58.6 Å². The summed E-state index contributed by atoms with van der Waals surface area (Å²) < 4.78 is 27.1. The molecule has 1 aliphatic rings. The molecule has 6 nitrogen and oxygen atoms in total. The van der Waals surface area contributed by atoms with Gasteiger partial charge in [0.15, 0.2) is 0 Å². The fraction of sp³-hybridized carbons (Fsp3) is 0.368. The van der Waals surface area contributed by atoms with E-state index in [0.717, 1.165) is 30.7 Å². The van der Waals surface area contributed by atoms with Crippen molar-refractivity contribution in [3.63, 3.8) is 0 Å². The first-order chi connectivity index (χ1) is 13.1. The molecule has 1 saturated heterocycles. The Balaban J connectivity index is 1.58. The Kier molecular flexibility index (Phi) is 6.87. The molecule has 0 atom stereocenters. The maximum atomic E-state index is 12.8. The van der Waals surface area contributed by atoms with Crippen molar-refractivity contribution in [2.45, 2.75) is 35.6 Å². The van der Waals surface area contributed by atoms with Gasteiger partial charge in [0.25, 0.3) is 0 Å². The molecule has 3 rings (SSSR count). The topological polar surface area (TPSA) is 79.4 Å². The monoisotopic (exact) mass is 405 g/mol. The number of nitrogens with one attached hydrogen (secondary N) is 1. The van der Waals surface area contributed by atoms with Gasteiger partial charge in [0.05, 0.1) is 15.7 Å². The van der Waals surface area contributed by atoms with Gasteiger partial charge in [-0.25, -0.2) is 13.4 Å². The summed E-state index contributed by atoms with van der Waals surface area (Å²) in [5.41, 5.74) is 0.580. The molecule has 1 aromatic heterocycles. The molecule has 0 spiro atoms. The number of sulfonamides is 1. The fourth-order valence-electron chi connectivity index (χ4n) is 2.91. The molecule has 144 valence electrons. The maximum absolute atomic E-state index is 12.8. The number of pyridine rings is 1. The minimum Gasteiger partial charge on any atom is -0.325 e. The fourth-order valence-corrected chi connectivity index (χ4v) is 5.09.